The highest BCUT2D eigenvalue weighted by molar-refractivity contribution is 6.30. The lowest BCUT2D eigenvalue weighted by Gasteiger charge is -2.31. The number of carbonyl (C=O) groups excluding carboxylic acids is 1. The van der Waals surface area contributed by atoms with Crippen LogP contribution >= 0.6 is 11.6 Å². The molecule has 6 N–H and O–H groups in total. The van der Waals surface area contributed by atoms with E-state index in [0.29, 0.717) is 23.1 Å². The summed E-state index contributed by atoms with van der Waals surface area (Å²) in [6.45, 7) is 7.89. The summed E-state index contributed by atoms with van der Waals surface area (Å²) in [5.74, 6) is -1.19. The van der Waals surface area contributed by atoms with Gasteiger partial charge in [0.25, 0.3) is 5.91 Å². The molecule has 0 aliphatic rings. The van der Waals surface area contributed by atoms with E-state index in [9.17, 15) is 18.0 Å². The first kappa shape index (κ1) is 30.5. The molecule has 2 atom stereocenters. The number of amides is 1. The molecule has 2 unspecified atom stereocenters. The van der Waals surface area contributed by atoms with E-state index in [1.54, 1.807) is 30.3 Å². The van der Waals surface area contributed by atoms with Crippen LogP contribution in [-0.2, 0) is 16.0 Å². The van der Waals surface area contributed by atoms with Gasteiger partial charge < -0.3 is 21.5 Å². The van der Waals surface area contributed by atoms with Crippen molar-refractivity contribution in [2.75, 3.05) is 0 Å². The zero-order valence-corrected chi connectivity index (χ0v) is 22.2. The molecule has 0 aliphatic heterocycles. The summed E-state index contributed by atoms with van der Waals surface area (Å²) in [6, 6.07) is 14.1. The molecular formula is C28H32ClF3N4O2. The van der Waals surface area contributed by atoms with Crippen molar-refractivity contribution in [2.24, 2.45) is 11.5 Å². The Kier molecular flexibility index (Phi) is 10.2. The largest absolute Gasteiger partial charge is 0.464 e. The number of ether oxygens (including phenoxy) is 1. The number of nitrogens with two attached hydrogens (primary N) is 2. The van der Waals surface area contributed by atoms with Gasteiger partial charge in [0.2, 0.25) is 0 Å². The molecule has 0 heterocycles. The highest BCUT2D eigenvalue weighted by atomic mass is 35.5. The maximum absolute atomic E-state index is 13.2. The number of nitrogen functional groups attached to an aromatic ring is 1. The van der Waals surface area contributed by atoms with Crippen molar-refractivity contribution < 1.29 is 22.7 Å². The number of benzene rings is 2. The van der Waals surface area contributed by atoms with E-state index >= 15 is 0 Å². The fourth-order valence-electron chi connectivity index (χ4n) is 3.70. The summed E-state index contributed by atoms with van der Waals surface area (Å²) in [6.07, 6.45) is -1.75. The molecule has 2 aromatic carbocycles. The van der Waals surface area contributed by atoms with Gasteiger partial charge in [-0.15, -0.1) is 0 Å². The van der Waals surface area contributed by atoms with Gasteiger partial charge in [0.15, 0.2) is 11.5 Å². The Morgan fingerprint density at radius 2 is 1.79 bits per heavy atom. The normalized spacial score (nSPS) is 14.4. The highest BCUT2D eigenvalue weighted by Crippen LogP contribution is 2.28. The van der Waals surface area contributed by atoms with Crippen molar-refractivity contribution in [3.05, 3.63) is 107 Å². The van der Waals surface area contributed by atoms with Gasteiger partial charge in [0.05, 0.1) is 5.57 Å². The molecular weight excluding hydrogens is 517 g/mol. The van der Waals surface area contributed by atoms with Gasteiger partial charge >= 0.3 is 6.18 Å². The third-order valence-corrected chi connectivity index (χ3v) is 6.10. The fourth-order valence-corrected chi connectivity index (χ4v) is 3.83. The van der Waals surface area contributed by atoms with E-state index in [1.807, 2.05) is 25.1 Å². The van der Waals surface area contributed by atoms with Crippen LogP contribution in [-0.4, -0.2) is 29.6 Å². The van der Waals surface area contributed by atoms with Crippen LogP contribution in [0.2, 0.25) is 5.02 Å². The molecule has 0 bridgehead atoms. The van der Waals surface area contributed by atoms with Gasteiger partial charge in [-0.3, -0.25) is 10.2 Å². The van der Waals surface area contributed by atoms with Crippen LogP contribution < -0.4 is 16.8 Å². The van der Waals surface area contributed by atoms with Gasteiger partial charge in [-0.05, 0) is 68.7 Å². The quantitative estimate of drug-likeness (QED) is 0.124. The molecule has 38 heavy (non-hydrogen) atoms. The van der Waals surface area contributed by atoms with Crippen LogP contribution in [0, 0.1) is 5.41 Å². The Morgan fingerprint density at radius 1 is 1.16 bits per heavy atom. The molecule has 0 saturated heterocycles. The SMILES string of the molecule is C=C/C(=C\C=C(/N)OC(C)(C)C(=O)NC(C)C(Cc1ccc(Cl)cc1)c1cccc(C(=N)N)c1)C(F)(F)F. The van der Waals surface area contributed by atoms with Crippen molar-refractivity contribution in [3.63, 3.8) is 0 Å². The zero-order valence-electron chi connectivity index (χ0n) is 21.4. The molecule has 0 spiro atoms. The minimum absolute atomic E-state index is 0.0789. The van der Waals surface area contributed by atoms with Crippen molar-refractivity contribution >= 4 is 23.3 Å². The third kappa shape index (κ3) is 8.69. The molecule has 0 radical (unpaired) electrons. The second-order valence-electron chi connectivity index (χ2n) is 9.24. The molecule has 2 rings (SSSR count). The number of allylic oxidation sites excluding steroid dienone is 4. The number of amidine groups is 1. The van der Waals surface area contributed by atoms with Crippen molar-refractivity contribution in [3.8, 4) is 0 Å². The molecule has 0 saturated carbocycles. The summed E-state index contributed by atoms with van der Waals surface area (Å²) in [5.41, 5.74) is 11.3. The van der Waals surface area contributed by atoms with Gasteiger partial charge in [0.1, 0.15) is 5.84 Å². The zero-order chi connectivity index (χ0) is 28.7. The van der Waals surface area contributed by atoms with Crippen molar-refractivity contribution in [1.29, 1.82) is 5.41 Å². The summed E-state index contributed by atoms with van der Waals surface area (Å²) in [4.78, 5) is 13.2. The smallest absolute Gasteiger partial charge is 0.416 e. The van der Waals surface area contributed by atoms with Crippen molar-refractivity contribution in [1.82, 2.24) is 5.32 Å². The number of alkyl halides is 3. The summed E-state index contributed by atoms with van der Waals surface area (Å²) in [7, 11) is 0. The molecule has 2 aromatic rings. The summed E-state index contributed by atoms with van der Waals surface area (Å²) in [5, 5.41) is 11.3. The van der Waals surface area contributed by atoms with Gasteiger partial charge in [-0.1, -0.05) is 54.6 Å². The third-order valence-electron chi connectivity index (χ3n) is 5.85. The first-order valence-corrected chi connectivity index (χ1v) is 12.1. The number of nitrogens with one attached hydrogen (secondary N) is 2. The lowest BCUT2D eigenvalue weighted by molar-refractivity contribution is -0.139. The minimum Gasteiger partial charge on any atom is -0.464 e. The van der Waals surface area contributed by atoms with E-state index in [0.717, 1.165) is 23.3 Å². The lowest BCUT2D eigenvalue weighted by atomic mass is 9.85. The van der Waals surface area contributed by atoms with Crippen LogP contribution in [0.25, 0.3) is 0 Å². The molecule has 0 aromatic heterocycles. The van der Waals surface area contributed by atoms with E-state index in [-0.39, 0.29) is 17.6 Å². The lowest BCUT2D eigenvalue weighted by Crippen LogP contribution is -2.49. The summed E-state index contributed by atoms with van der Waals surface area (Å²) >= 11 is 6.03. The number of hydrogen-bond donors (Lipinski definition) is 4. The van der Waals surface area contributed by atoms with Gasteiger partial charge in [0, 0.05) is 22.5 Å². The second kappa shape index (κ2) is 12.7. The highest BCUT2D eigenvalue weighted by Gasteiger charge is 2.34. The van der Waals surface area contributed by atoms with Crippen LogP contribution in [0.3, 0.4) is 0 Å². The average molecular weight is 549 g/mol. The Morgan fingerprint density at radius 3 is 2.34 bits per heavy atom. The Hall–Kier alpha value is -3.72. The molecule has 0 fully saturated rings. The van der Waals surface area contributed by atoms with Crippen LogP contribution in [0.1, 0.15) is 43.4 Å². The Bertz CT molecular complexity index is 1220. The molecule has 204 valence electrons. The monoisotopic (exact) mass is 548 g/mol. The summed E-state index contributed by atoms with van der Waals surface area (Å²) < 4.78 is 44.2. The maximum atomic E-state index is 13.2. The molecule has 10 heteroatoms. The molecule has 1 amide bonds. The topological polar surface area (TPSA) is 114 Å². The fraction of sp³-hybridized carbons (Fsp3) is 0.286. The second-order valence-corrected chi connectivity index (χ2v) is 9.68. The number of rotatable bonds is 11. The first-order chi connectivity index (χ1) is 17.6. The first-order valence-electron chi connectivity index (χ1n) is 11.7. The predicted molar refractivity (Wildman–Crippen MR) is 145 cm³/mol. The van der Waals surface area contributed by atoms with Crippen LogP contribution in [0.4, 0.5) is 13.2 Å². The average Bonchev–Trinajstić information content (AvgIpc) is 2.82. The number of hydrogen-bond acceptors (Lipinski definition) is 4. The van der Waals surface area contributed by atoms with Crippen LogP contribution in [0.5, 0.6) is 0 Å². The standard InChI is InChI=1S/C28H32ClF3N4O2/c1-5-21(28(30,31)32)11-14-24(33)38-27(3,4)26(37)36-17(2)23(15-18-9-12-22(29)13-10-18)19-7-6-8-20(16-19)25(34)35/h5-14,16-17,23H,1,15,33H2,2-4H3,(H3,34,35)(H,36,37)/b21-11+,24-14+. The predicted octanol–water partition coefficient (Wildman–Crippen LogP) is 5.73. The van der Waals surface area contributed by atoms with E-state index in [4.69, 9.17) is 33.2 Å². The van der Waals surface area contributed by atoms with E-state index in [1.165, 1.54) is 13.8 Å². The van der Waals surface area contributed by atoms with Crippen LogP contribution in [0.15, 0.2) is 84.8 Å². The molecule has 6 nitrogen and oxygen atoms in total. The van der Waals surface area contributed by atoms with Gasteiger partial charge in [-0.2, -0.15) is 13.2 Å². The maximum Gasteiger partial charge on any atom is 0.416 e. The van der Waals surface area contributed by atoms with Gasteiger partial charge in [-0.25, -0.2) is 0 Å². The molecule has 0 aliphatic carbocycles. The minimum atomic E-state index is -4.60. The Balaban J connectivity index is 2.28. The number of halogens is 4. The van der Waals surface area contributed by atoms with Crippen molar-refractivity contribution in [2.45, 2.75) is 50.9 Å². The Labute approximate surface area is 225 Å². The number of carbonyl (C=O) groups is 1. The van der Waals surface area contributed by atoms with E-state index < -0.39 is 29.3 Å². The van der Waals surface area contributed by atoms with E-state index in [2.05, 4.69) is 11.9 Å².